The van der Waals surface area contributed by atoms with Crippen molar-refractivity contribution in [2.45, 2.75) is 51.2 Å². The Morgan fingerprint density at radius 2 is 2.15 bits per heavy atom. The van der Waals surface area contributed by atoms with Crippen molar-refractivity contribution in [2.24, 2.45) is 0 Å². The van der Waals surface area contributed by atoms with E-state index in [9.17, 15) is 0 Å². The molecule has 1 fully saturated rings. The molecule has 0 radical (unpaired) electrons. The fourth-order valence-corrected chi connectivity index (χ4v) is 3.06. The third-order valence-electron chi connectivity index (χ3n) is 4.07. The molecule has 2 N–H and O–H groups in total. The molecule has 1 aliphatic rings. The summed E-state index contributed by atoms with van der Waals surface area (Å²) in [6.45, 7) is 5.93. The Morgan fingerprint density at radius 1 is 1.35 bits per heavy atom. The maximum Gasteiger partial charge on any atom is 0.0431 e. The molecule has 2 unspecified atom stereocenters. The molecule has 3 nitrogen and oxygen atoms in total. The van der Waals surface area contributed by atoms with E-state index in [2.05, 4.69) is 47.5 Å². The molecule has 112 valence electrons. The molecule has 1 heterocycles. The van der Waals surface area contributed by atoms with E-state index < -0.39 is 0 Å². The number of hydrogen-bond acceptors (Lipinski definition) is 3. The van der Waals surface area contributed by atoms with Gasteiger partial charge < -0.3 is 10.4 Å². The quantitative estimate of drug-likeness (QED) is 0.803. The maximum absolute atomic E-state index is 8.89. The summed E-state index contributed by atoms with van der Waals surface area (Å²) in [5, 5.41) is 12.6. The van der Waals surface area contributed by atoms with E-state index >= 15 is 0 Å². The maximum atomic E-state index is 8.89. The van der Waals surface area contributed by atoms with Gasteiger partial charge in [0.05, 0.1) is 0 Å². The first kappa shape index (κ1) is 15.5. The van der Waals surface area contributed by atoms with Crippen LogP contribution < -0.4 is 5.32 Å². The molecule has 2 atom stereocenters. The topological polar surface area (TPSA) is 35.5 Å². The van der Waals surface area contributed by atoms with Crippen LogP contribution in [0.2, 0.25) is 0 Å². The fourth-order valence-electron chi connectivity index (χ4n) is 3.06. The van der Waals surface area contributed by atoms with Crippen LogP contribution in [-0.2, 0) is 6.54 Å². The highest BCUT2D eigenvalue weighted by atomic mass is 16.2. The van der Waals surface area contributed by atoms with Gasteiger partial charge in [0.1, 0.15) is 0 Å². The van der Waals surface area contributed by atoms with Gasteiger partial charge in [-0.1, -0.05) is 30.3 Å². The zero-order valence-electron chi connectivity index (χ0n) is 12.6. The average molecular weight is 276 g/mol. The van der Waals surface area contributed by atoms with Crippen LogP contribution in [0.25, 0.3) is 0 Å². The van der Waals surface area contributed by atoms with Gasteiger partial charge in [0.2, 0.25) is 0 Å². The lowest BCUT2D eigenvalue weighted by Gasteiger charge is -2.34. The summed E-state index contributed by atoms with van der Waals surface area (Å²) in [7, 11) is 0. The first-order chi connectivity index (χ1) is 9.78. The van der Waals surface area contributed by atoms with E-state index in [0.717, 1.165) is 25.9 Å². The number of piperidine rings is 1. The Bertz CT molecular complexity index is 369. The normalized spacial score (nSPS) is 21.8. The Labute approximate surface area is 123 Å². The summed E-state index contributed by atoms with van der Waals surface area (Å²) in [6, 6.07) is 11.8. The number of likely N-dealkylation sites (tertiary alicyclic amines) is 1. The first-order valence-corrected chi connectivity index (χ1v) is 7.91. The number of rotatable bonds is 7. The standard InChI is InChI=1S/C17H28N2O/c1-15(7-6-12-20)18-17-10-5-11-19(14-17)13-16-8-3-2-4-9-16/h2-4,8-9,15,17-18,20H,5-7,10-14H2,1H3. The molecule has 1 aliphatic heterocycles. The third-order valence-corrected chi connectivity index (χ3v) is 4.07. The lowest BCUT2D eigenvalue weighted by atomic mass is 10.0. The summed E-state index contributed by atoms with van der Waals surface area (Å²) in [5.41, 5.74) is 1.40. The molecule has 0 aromatic heterocycles. The molecular formula is C17H28N2O. The molecule has 0 spiro atoms. The number of aliphatic hydroxyl groups is 1. The van der Waals surface area contributed by atoms with Crippen molar-refractivity contribution in [1.82, 2.24) is 10.2 Å². The molecule has 0 amide bonds. The van der Waals surface area contributed by atoms with Crippen molar-refractivity contribution < 1.29 is 5.11 Å². The van der Waals surface area contributed by atoms with Gasteiger partial charge in [0.15, 0.2) is 0 Å². The highest BCUT2D eigenvalue weighted by Crippen LogP contribution is 2.14. The van der Waals surface area contributed by atoms with E-state index in [1.807, 2.05) is 0 Å². The number of hydrogen-bond donors (Lipinski definition) is 2. The van der Waals surface area contributed by atoms with Gasteiger partial charge in [-0.25, -0.2) is 0 Å². The van der Waals surface area contributed by atoms with Gasteiger partial charge in [-0.15, -0.1) is 0 Å². The van der Waals surface area contributed by atoms with Crippen molar-refractivity contribution in [3.05, 3.63) is 35.9 Å². The van der Waals surface area contributed by atoms with Crippen molar-refractivity contribution in [3.8, 4) is 0 Å². The summed E-state index contributed by atoms with van der Waals surface area (Å²) >= 11 is 0. The molecule has 3 heteroatoms. The van der Waals surface area contributed by atoms with Gasteiger partial charge in [-0.05, 0) is 44.7 Å². The number of nitrogens with zero attached hydrogens (tertiary/aromatic N) is 1. The van der Waals surface area contributed by atoms with Crippen molar-refractivity contribution >= 4 is 0 Å². The predicted octanol–water partition coefficient (Wildman–Crippen LogP) is 2.40. The molecule has 0 aliphatic carbocycles. The monoisotopic (exact) mass is 276 g/mol. The fraction of sp³-hybridized carbons (Fsp3) is 0.647. The zero-order chi connectivity index (χ0) is 14.2. The largest absolute Gasteiger partial charge is 0.396 e. The minimum absolute atomic E-state index is 0.302. The predicted molar refractivity (Wildman–Crippen MR) is 83.7 cm³/mol. The number of aliphatic hydroxyl groups excluding tert-OH is 1. The number of benzene rings is 1. The van der Waals surface area contributed by atoms with Gasteiger partial charge >= 0.3 is 0 Å². The minimum Gasteiger partial charge on any atom is -0.396 e. The molecule has 0 bridgehead atoms. The van der Waals surface area contributed by atoms with Crippen LogP contribution in [0, 0.1) is 0 Å². The molecule has 0 saturated carbocycles. The van der Waals surface area contributed by atoms with Crippen molar-refractivity contribution in [1.29, 1.82) is 0 Å². The Balaban J connectivity index is 1.76. The SMILES string of the molecule is CC(CCCO)NC1CCCN(Cc2ccccc2)C1. The highest BCUT2D eigenvalue weighted by Gasteiger charge is 2.20. The summed E-state index contributed by atoms with van der Waals surface area (Å²) in [4.78, 5) is 2.55. The minimum atomic E-state index is 0.302. The Kier molecular flexibility index (Phi) is 6.51. The van der Waals surface area contributed by atoms with Crippen LogP contribution >= 0.6 is 0 Å². The van der Waals surface area contributed by atoms with Crippen LogP contribution in [0.4, 0.5) is 0 Å². The van der Waals surface area contributed by atoms with Crippen LogP contribution in [0.15, 0.2) is 30.3 Å². The molecule has 20 heavy (non-hydrogen) atoms. The average Bonchev–Trinajstić information content (AvgIpc) is 2.46. The van der Waals surface area contributed by atoms with E-state index in [4.69, 9.17) is 5.11 Å². The van der Waals surface area contributed by atoms with Crippen LogP contribution in [-0.4, -0.2) is 41.8 Å². The second-order valence-corrected chi connectivity index (χ2v) is 5.99. The Hall–Kier alpha value is -0.900. The van der Waals surface area contributed by atoms with Crippen molar-refractivity contribution in [2.75, 3.05) is 19.7 Å². The number of nitrogens with one attached hydrogen (secondary N) is 1. The summed E-state index contributed by atoms with van der Waals surface area (Å²) in [6.07, 6.45) is 4.51. The smallest absolute Gasteiger partial charge is 0.0431 e. The van der Waals surface area contributed by atoms with Crippen LogP contribution in [0.1, 0.15) is 38.2 Å². The molecule has 1 saturated heterocycles. The molecule has 2 rings (SSSR count). The summed E-state index contributed by atoms with van der Waals surface area (Å²) in [5.74, 6) is 0. The second kappa shape index (κ2) is 8.40. The van der Waals surface area contributed by atoms with E-state index in [0.29, 0.717) is 18.7 Å². The first-order valence-electron chi connectivity index (χ1n) is 7.91. The molecule has 1 aromatic rings. The van der Waals surface area contributed by atoms with Gasteiger partial charge in [0.25, 0.3) is 0 Å². The van der Waals surface area contributed by atoms with Crippen molar-refractivity contribution in [3.63, 3.8) is 0 Å². The van der Waals surface area contributed by atoms with Gasteiger partial charge in [0, 0.05) is 31.8 Å². The molecule has 1 aromatic carbocycles. The lowest BCUT2D eigenvalue weighted by Crippen LogP contribution is -2.48. The second-order valence-electron chi connectivity index (χ2n) is 5.99. The summed E-state index contributed by atoms with van der Waals surface area (Å²) < 4.78 is 0. The Morgan fingerprint density at radius 3 is 2.90 bits per heavy atom. The van der Waals surface area contributed by atoms with Crippen LogP contribution in [0.5, 0.6) is 0 Å². The van der Waals surface area contributed by atoms with E-state index in [1.165, 1.54) is 24.9 Å². The third kappa shape index (κ3) is 5.23. The van der Waals surface area contributed by atoms with Crippen LogP contribution in [0.3, 0.4) is 0 Å². The molecular weight excluding hydrogens is 248 g/mol. The van der Waals surface area contributed by atoms with Gasteiger partial charge in [-0.2, -0.15) is 0 Å². The lowest BCUT2D eigenvalue weighted by molar-refractivity contribution is 0.174. The highest BCUT2D eigenvalue weighted by molar-refractivity contribution is 5.14. The zero-order valence-corrected chi connectivity index (χ0v) is 12.6. The van der Waals surface area contributed by atoms with Gasteiger partial charge in [-0.3, -0.25) is 4.90 Å². The van der Waals surface area contributed by atoms with E-state index in [1.54, 1.807) is 0 Å². The van der Waals surface area contributed by atoms with E-state index in [-0.39, 0.29) is 0 Å².